The van der Waals surface area contributed by atoms with E-state index in [4.69, 9.17) is 17.0 Å². The number of thiocarbonyl (C=S) groups is 1. The number of hydrogen-bond donors (Lipinski definition) is 1. The van der Waals surface area contributed by atoms with Gasteiger partial charge in [-0.15, -0.1) is 4.36 Å². The van der Waals surface area contributed by atoms with Gasteiger partial charge < -0.3 is 10.1 Å². The van der Waals surface area contributed by atoms with E-state index in [1.54, 1.807) is 37.1 Å². The fraction of sp³-hybridized carbons (Fsp3) is 0.579. The van der Waals surface area contributed by atoms with Gasteiger partial charge in [0.25, 0.3) is 0 Å². The van der Waals surface area contributed by atoms with Crippen LogP contribution in [0.4, 0.5) is 5.69 Å². The lowest BCUT2D eigenvalue weighted by atomic mass is 9.97. The third-order valence-corrected chi connectivity index (χ3v) is 5.39. The molecule has 0 spiro atoms. The highest BCUT2D eigenvalue weighted by Crippen LogP contribution is 2.32. The first-order chi connectivity index (χ1) is 13.3. The van der Waals surface area contributed by atoms with Crippen LogP contribution in [-0.4, -0.2) is 44.5 Å². The molecule has 0 fully saturated rings. The summed E-state index contributed by atoms with van der Waals surface area (Å²) in [6.07, 6.45) is 3.70. The van der Waals surface area contributed by atoms with Crippen LogP contribution in [0.5, 0.6) is 5.75 Å². The van der Waals surface area contributed by atoms with E-state index >= 15 is 0 Å². The van der Waals surface area contributed by atoms with Crippen molar-refractivity contribution in [1.29, 1.82) is 0 Å². The summed E-state index contributed by atoms with van der Waals surface area (Å²) in [4.78, 5) is 15.0. The molecule has 0 aliphatic rings. The zero-order valence-corrected chi connectivity index (χ0v) is 18.7. The van der Waals surface area contributed by atoms with Crippen molar-refractivity contribution in [3.8, 4) is 5.75 Å². The second-order valence-corrected chi connectivity index (χ2v) is 7.43. The minimum absolute atomic E-state index is 0.00593. The Morgan fingerprint density at radius 3 is 2.54 bits per heavy atom. The Kier molecular flexibility index (Phi) is 10.1. The quantitative estimate of drug-likeness (QED) is 0.603. The van der Waals surface area contributed by atoms with Gasteiger partial charge in [-0.25, -0.2) is 0 Å². The van der Waals surface area contributed by atoms with Crippen LogP contribution < -0.4 is 10.1 Å². The lowest BCUT2D eigenvalue weighted by molar-refractivity contribution is -0.130. The molecule has 0 aliphatic carbocycles. The fourth-order valence-electron chi connectivity index (χ4n) is 3.00. The minimum atomic E-state index is -2.62. The number of unbranched alkanes of at least 4 members (excludes halogenated alkanes) is 1. The highest BCUT2D eigenvalue weighted by Gasteiger charge is 2.30. The van der Waals surface area contributed by atoms with Crippen molar-refractivity contribution in [2.45, 2.75) is 58.4 Å². The standard InChI is InChI=1S/C19H29N3O4S2/c1-6-8-9-15(7-2)22(19(27)20-4)18(23)13(3)14-10-11-17(26-5)16(12-14)21-28(24)25/h10-13,15H,6-9H2,1-5H3,(H,20,27). The summed E-state index contributed by atoms with van der Waals surface area (Å²) in [5.41, 5.74) is 0.804. The maximum atomic E-state index is 13.3. The van der Waals surface area contributed by atoms with Gasteiger partial charge in [-0.1, -0.05) is 32.8 Å². The molecule has 0 saturated carbocycles. The topological polar surface area (TPSA) is 88.1 Å². The first kappa shape index (κ1) is 24.0. The largest absolute Gasteiger partial charge is 0.494 e. The van der Waals surface area contributed by atoms with Crippen molar-refractivity contribution in [3.05, 3.63) is 23.8 Å². The van der Waals surface area contributed by atoms with Crippen LogP contribution in [0, 0.1) is 0 Å². The summed E-state index contributed by atoms with van der Waals surface area (Å²) in [7, 11) is 0.514. The van der Waals surface area contributed by atoms with Crippen molar-refractivity contribution in [3.63, 3.8) is 0 Å². The summed E-state index contributed by atoms with van der Waals surface area (Å²) >= 11 is 5.41. The van der Waals surface area contributed by atoms with Crippen molar-refractivity contribution in [2.24, 2.45) is 4.36 Å². The molecule has 0 aromatic heterocycles. The molecular formula is C19H29N3O4S2. The summed E-state index contributed by atoms with van der Waals surface area (Å²) in [5, 5.41) is 3.30. The second kappa shape index (κ2) is 11.8. The summed E-state index contributed by atoms with van der Waals surface area (Å²) in [6, 6.07) is 4.92. The maximum Gasteiger partial charge on any atom is 0.316 e. The minimum Gasteiger partial charge on any atom is -0.494 e. The molecule has 0 aliphatic heterocycles. The number of methoxy groups -OCH3 is 1. The smallest absolute Gasteiger partial charge is 0.316 e. The normalized spacial score (nSPS) is 12.6. The van der Waals surface area contributed by atoms with Crippen LogP contribution in [-0.2, 0) is 15.3 Å². The van der Waals surface area contributed by atoms with Crippen LogP contribution in [0.3, 0.4) is 0 Å². The average Bonchev–Trinajstić information content (AvgIpc) is 2.69. The van der Waals surface area contributed by atoms with Gasteiger partial charge in [0.2, 0.25) is 5.91 Å². The second-order valence-electron chi connectivity index (χ2n) is 6.43. The number of carbonyl (C=O) groups is 1. The van der Waals surface area contributed by atoms with Gasteiger partial charge in [-0.3, -0.25) is 9.69 Å². The van der Waals surface area contributed by atoms with Crippen molar-refractivity contribution >= 4 is 39.4 Å². The molecule has 1 aromatic rings. The van der Waals surface area contributed by atoms with E-state index < -0.39 is 16.4 Å². The summed E-state index contributed by atoms with van der Waals surface area (Å²) < 4.78 is 30.7. The predicted octanol–water partition coefficient (Wildman–Crippen LogP) is 3.79. The molecule has 7 nitrogen and oxygen atoms in total. The zero-order chi connectivity index (χ0) is 21.3. The number of benzene rings is 1. The zero-order valence-electron chi connectivity index (χ0n) is 17.1. The molecule has 156 valence electrons. The third kappa shape index (κ3) is 6.27. The molecule has 9 heteroatoms. The van der Waals surface area contributed by atoms with Crippen molar-refractivity contribution in [1.82, 2.24) is 10.2 Å². The number of amides is 1. The number of carbonyl (C=O) groups excluding carboxylic acids is 1. The van der Waals surface area contributed by atoms with Crippen LogP contribution in [0.15, 0.2) is 22.6 Å². The Balaban J connectivity index is 3.29. The molecule has 0 bridgehead atoms. The van der Waals surface area contributed by atoms with Gasteiger partial charge in [0, 0.05) is 13.1 Å². The van der Waals surface area contributed by atoms with Crippen LogP contribution >= 0.6 is 12.2 Å². The fourth-order valence-corrected chi connectivity index (χ4v) is 3.54. The van der Waals surface area contributed by atoms with Crippen molar-refractivity contribution < 1.29 is 17.9 Å². The van der Waals surface area contributed by atoms with E-state index in [9.17, 15) is 13.2 Å². The molecule has 0 radical (unpaired) electrons. The van der Waals surface area contributed by atoms with Crippen molar-refractivity contribution in [2.75, 3.05) is 14.2 Å². The molecule has 1 amide bonds. The van der Waals surface area contributed by atoms with Gasteiger partial charge in [-0.2, -0.15) is 8.42 Å². The van der Waals surface area contributed by atoms with Crippen LogP contribution in [0.25, 0.3) is 0 Å². The molecule has 2 atom stereocenters. The monoisotopic (exact) mass is 427 g/mol. The molecule has 2 unspecified atom stereocenters. The van der Waals surface area contributed by atoms with Crippen LogP contribution in [0.1, 0.15) is 57.9 Å². The maximum absolute atomic E-state index is 13.3. The van der Waals surface area contributed by atoms with Gasteiger partial charge >= 0.3 is 10.5 Å². The Hall–Kier alpha value is -2.00. The van der Waals surface area contributed by atoms with E-state index in [2.05, 4.69) is 16.6 Å². The molecule has 28 heavy (non-hydrogen) atoms. The first-order valence-corrected chi connectivity index (χ1v) is 10.8. The highest BCUT2D eigenvalue weighted by atomic mass is 32.2. The van der Waals surface area contributed by atoms with E-state index in [0.29, 0.717) is 16.4 Å². The van der Waals surface area contributed by atoms with E-state index in [0.717, 1.165) is 25.7 Å². The summed E-state index contributed by atoms with van der Waals surface area (Å²) in [6.45, 7) is 5.93. The van der Waals surface area contributed by atoms with Gasteiger partial charge in [0.15, 0.2) is 5.11 Å². The lowest BCUT2D eigenvalue weighted by Crippen LogP contribution is -2.49. The Morgan fingerprint density at radius 2 is 2.04 bits per heavy atom. The summed E-state index contributed by atoms with van der Waals surface area (Å²) in [5.74, 6) is -0.340. The highest BCUT2D eigenvalue weighted by molar-refractivity contribution is 7.80. The molecule has 0 saturated heterocycles. The molecule has 1 N–H and O–H groups in total. The molecule has 0 heterocycles. The SMILES string of the molecule is CCCCC(CC)N(C(=O)C(C)c1ccc(OC)c(N=S(=O)=O)c1)C(=S)NC. The number of hydrogen-bond acceptors (Lipinski definition) is 6. The number of nitrogens with one attached hydrogen (secondary N) is 1. The Labute approximate surface area is 174 Å². The number of rotatable bonds is 9. The van der Waals surface area contributed by atoms with Gasteiger partial charge in [-0.05, 0) is 49.7 Å². The Morgan fingerprint density at radius 1 is 1.36 bits per heavy atom. The van der Waals surface area contributed by atoms with Crippen LogP contribution in [0.2, 0.25) is 0 Å². The predicted molar refractivity (Wildman–Crippen MR) is 115 cm³/mol. The van der Waals surface area contributed by atoms with Gasteiger partial charge in [0.1, 0.15) is 11.4 Å². The molecule has 1 aromatic carbocycles. The average molecular weight is 428 g/mol. The number of nitrogens with zero attached hydrogens (tertiary/aromatic N) is 2. The van der Waals surface area contributed by atoms with E-state index in [1.807, 2.05) is 6.92 Å². The first-order valence-electron chi connectivity index (χ1n) is 9.34. The molecule has 1 rings (SSSR count). The Bertz CT molecular complexity index is 816. The lowest BCUT2D eigenvalue weighted by Gasteiger charge is -2.33. The van der Waals surface area contributed by atoms with E-state index in [1.165, 1.54) is 7.11 Å². The molecular weight excluding hydrogens is 398 g/mol. The van der Waals surface area contributed by atoms with E-state index in [-0.39, 0.29) is 17.6 Å². The third-order valence-electron chi connectivity index (χ3n) is 4.64. The number of ether oxygens (including phenoxy) is 1. The van der Waals surface area contributed by atoms with Gasteiger partial charge in [0.05, 0.1) is 13.0 Å².